The van der Waals surface area contributed by atoms with Gasteiger partial charge in [-0.25, -0.2) is 4.79 Å². The molecule has 0 aromatic heterocycles. The van der Waals surface area contributed by atoms with Gasteiger partial charge in [0.25, 0.3) is 0 Å². The molecule has 2 N–H and O–H groups in total. The first-order valence-electron chi connectivity index (χ1n) is 7.85. The van der Waals surface area contributed by atoms with Crippen molar-refractivity contribution < 1.29 is 9.53 Å². The average molecular weight is 404 g/mol. The van der Waals surface area contributed by atoms with Gasteiger partial charge in [0.15, 0.2) is 0 Å². The lowest BCUT2D eigenvalue weighted by molar-refractivity contribution is 0.0382. The smallest absolute Gasteiger partial charge is 0.408 e. The van der Waals surface area contributed by atoms with Crippen molar-refractivity contribution in [2.75, 3.05) is 6.54 Å². The van der Waals surface area contributed by atoms with Gasteiger partial charge in [0.1, 0.15) is 5.60 Å². The number of hydrogen-bond donors (Lipinski definition) is 2. The summed E-state index contributed by atoms with van der Waals surface area (Å²) < 4.78 is 6.26. The predicted molar refractivity (Wildman–Crippen MR) is 96.8 cm³/mol. The molecule has 128 valence electrons. The summed E-state index contributed by atoms with van der Waals surface area (Å²) in [5, 5.41) is 7.17. The lowest BCUT2D eigenvalue weighted by Crippen LogP contribution is -2.59. The fraction of sp³-hybridized carbons (Fsp3) is 0.588. The number of nitrogens with one attached hydrogen (secondary N) is 2. The molecule has 1 fully saturated rings. The van der Waals surface area contributed by atoms with Gasteiger partial charge in [-0.2, -0.15) is 0 Å². The molecule has 0 saturated heterocycles. The largest absolute Gasteiger partial charge is 0.444 e. The van der Waals surface area contributed by atoms with Crippen LogP contribution >= 0.6 is 27.5 Å². The Hall–Kier alpha value is -0.780. The highest BCUT2D eigenvalue weighted by atomic mass is 79.9. The first-order chi connectivity index (χ1) is 10.7. The zero-order chi connectivity index (χ0) is 17.1. The molecule has 1 aliphatic rings. The molecule has 2 rings (SSSR count). The Morgan fingerprint density at radius 1 is 1.39 bits per heavy atom. The molecular formula is C17H24BrClN2O2. The normalized spacial score (nSPS) is 16.6. The fourth-order valence-corrected chi connectivity index (χ4v) is 3.11. The summed E-state index contributed by atoms with van der Waals surface area (Å²) in [4.78, 5) is 12.0. The van der Waals surface area contributed by atoms with E-state index in [0.29, 0.717) is 5.02 Å². The van der Waals surface area contributed by atoms with E-state index in [2.05, 4.69) is 26.6 Å². The number of halogens is 2. The van der Waals surface area contributed by atoms with Crippen LogP contribution in [0.1, 0.15) is 45.6 Å². The van der Waals surface area contributed by atoms with Crippen LogP contribution in [0.15, 0.2) is 22.7 Å². The van der Waals surface area contributed by atoms with Crippen LogP contribution in [0.3, 0.4) is 0 Å². The van der Waals surface area contributed by atoms with Crippen LogP contribution in [0.2, 0.25) is 5.02 Å². The summed E-state index contributed by atoms with van der Waals surface area (Å²) in [6.07, 6.45) is 2.74. The minimum Gasteiger partial charge on any atom is -0.444 e. The van der Waals surface area contributed by atoms with Crippen molar-refractivity contribution in [2.24, 2.45) is 0 Å². The fourth-order valence-electron chi connectivity index (χ4n) is 2.57. The van der Waals surface area contributed by atoms with E-state index in [-0.39, 0.29) is 11.6 Å². The number of carbonyl (C=O) groups is 1. The van der Waals surface area contributed by atoms with Crippen LogP contribution in [0, 0.1) is 0 Å². The Kier molecular flexibility index (Phi) is 5.98. The molecule has 0 bridgehead atoms. The van der Waals surface area contributed by atoms with Crippen LogP contribution < -0.4 is 10.6 Å². The second-order valence-electron chi connectivity index (χ2n) is 7.11. The number of amides is 1. The minimum absolute atomic E-state index is 0.189. The van der Waals surface area contributed by atoms with E-state index in [1.165, 1.54) is 0 Å². The highest BCUT2D eigenvalue weighted by molar-refractivity contribution is 9.10. The van der Waals surface area contributed by atoms with Gasteiger partial charge >= 0.3 is 6.09 Å². The van der Waals surface area contributed by atoms with Gasteiger partial charge in [0.05, 0.1) is 10.6 Å². The van der Waals surface area contributed by atoms with Crippen molar-refractivity contribution in [1.29, 1.82) is 0 Å². The van der Waals surface area contributed by atoms with Crippen LogP contribution in [0.5, 0.6) is 0 Å². The van der Waals surface area contributed by atoms with Crippen LogP contribution in [-0.4, -0.2) is 23.8 Å². The molecule has 1 aromatic rings. The quantitative estimate of drug-likeness (QED) is 0.753. The zero-order valence-corrected chi connectivity index (χ0v) is 16.2. The maximum Gasteiger partial charge on any atom is 0.408 e. The number of hydrogen-bond acceptors (Lipinski definition) is 3. The van der Waals surface area contributed by atoms with Crippen LogP contribution in [-0.2, 0) is 11.3 Å². The standard InChI is InChI=1S/C17H24BrClN2O2/c1-16(2,3)23-15(22)21-17(7-4-8-17)11-20-10-12-5-6-14(19)13(18)9-12/h5-6,9,20H,4,7-8,10-11H2,1-3H3,(H,21,22). The van der Waals surface area contributed by atoms with Gasteiger partial charge in [-0.15, -0.1) is 0 Å². The molecule has 1 saturated carbocycles. The Morgan fingerprint density at radius 2 is 2.09 bits per heavy atom. The van der Waals surface area contributed by atoms with Crippen LogP contribution in [0.25, 0.3) is 0 Å². The maximum absolute atomic E-state index is 12.0. The van der Waals surface area contributed by atoms with Crippen molar-refractivity contribution in [3.8, 4) is 0 Å². The number of alkyl carbamates (subject to hydrolysis) is 1. The molecular weight excluding hydrogens is 380 g/mol. The van der Waals surface area contributed by atoms with Gasteiger partial charge in [-0.3, -0.25) is 0 Å². The number of rotatable bonds is 5. The maximum atomic E-state index is 12.0. The van der Waals surface area contributed by atoms with Gasteiger partial charge in [0, 0.05) is 17.6 Å². The highest BCUT2D eigenvalue weighted by Gasteiger charge is 2.39. The van der Waals surface area contributed by atoms with Gasteiger partial charge < -0.3 is 15.4 Å². The summed E-state index contributed by atoms with van der Waals surface area (Å²) >= 11 is 9.43. The Labute approximate surface area is 151 Å². The van der Waals surface area contributed by atoms with E-state index in [1.807, 2.05) is 39.0 Å². The summed E-state index contributed by atoms with van der Waals surface area (Å²) in [6, 6.07) is 5.87. The van der Waals surface area contributed by atoms with Crippen molar-refractivity contribution >= 4 is 33.6 Å². The molecule has 6 heteroatoms. The monoisotopic (exact) mass is 402 g/mol. The van der Waals surface area contributed by atoms with Gasteiger partial charge in [0.2, 0.25) is 0 Å². The van der Waals surface area contributed by atoms with E-state index in [9.17, 15) is 4.79 Å². The third kappa shape index (κ3) is 5.66. The third-order valence-electron chi connectivity index (χ3n) is 3.85. The number of carbonyl (C=O) groups excluding carboxylic acids is 1. The summed E-state index contributed by atoms with van der Waals surface area (Å²) in [6.45, 7) is 7.07. The first kappa shape index (κ1) is 18.6. The second kappa shape index (κ2) is 7.41. The van der Waals surface area contributed by atoms with Crippen molar-refractivity contribution in [2.45, 2.75) is 57.7 Å². The Bertz CT molecular complexity index is 568. The third-order valence-corrected chi connectivity index (χ3v) is 5.07. The van der Waals surface area contributed by atoms with E-state index in [1.54, 1.807) is 0 Å². The SMILES string of the molecule is CC(C)(C)OC(=O)NC1(CNCc2ccc(Cl)c(Br)c2)CCC1. The molecule has 0 spiro atoms. The van der Waals surface area contributed by atoms with E-state index in [0.717, 1.165) is 42.4 Å². The molecule has 0 unspecified atom stereocenters. The molecule has 4 nitrogen and oxygen atoms in total. The topological polar surface area (TPSA) is 50.4 Å². The first-order valence-corrected chi connectivity index (χ1v) is 9.02. The molecule has 0 atom stereocenters. The lowest BCUT2D eigenvalue weighted by Gasteiger charge is -2.42. The summed E-state index contributed by atoms with van der Waals surface area (Å²) in [7, 11) is 0. The molecule has 1 amide bonds. The van der Waals surface area contributed by atoms with E-state index >= 15 is 0 Å². The molecule has 1 aromatic carbocycles. The minimum atomic E-state index is -0.474. The summed E-state index contributed by atoms with van der Waals surface area (Å²) in [5.74, 6) is 0. The molecule has 0 aliphatic heterocycles. The van der Waals surface area contributed by atoms with Crippen molar-refractivity contribution in [3.63, 3.8) is 0 Å². The number of ether oxygens (including phenoxy) is 1. The number of benzene rings is 1. The molecule has 23 heavy (non-hydrogen) atoms. The van der Waals surface area contributed by atoms with Gasteiger partial charge in [-0.05, 0) is 73.7 Å². The lowest BCUT2D eigenvalue weighted by atomic mass is 9.76. The Morgan fingerprint density at radius 3 is 2.61 bits per heavy atom. The van der Waals surface area contributed by atoms with Crippen molar-refractivity contribution in [1.82, 2.24) is 10.6 Å². The molecule has 0 heterocycles. The zero-order valence-electron chi connectivity index (χ0n) is 13.8. The highest BCUT2D eigenvalue weighted by Crippen LogP contribution is 2.31. The second-order valence-corrected chi connectivity index (χ2v) is 8.37. The van der Waals surface area contributed by atoms with Gasteiger partial charge in [-0.1, -0.05) is 17.7 Å². The predicted octanol–water partition coefficient (Wildman–Crippen LogP) is 4.64. The van der Waals surface area contributed by atoms with E-state index in [4.69, 9.17) is 16.3 Å². The Balaban J connectivity index is 1.84. The summed E-state index contributed by atoms with van der Waals surface area (Å²) in [5.41, 5.74) is 0.484. The van der Waals surface area contributed by atoms with E-state index < -0.39 is 5.60 Å². The van der Waals surface area contributed by atoms with Crippen LogP contribution in [0.4, 0.5) is 4.79 Å². The average Bonchev–Trinajstić information content (AvgIpc) is 2.37. The molecule has 1 aliphatic carbocycles. The molecule has 0 radical (unpaired) electrons. The van der Waals surface area contributed by atoms with Crippen molar-refractivity contribution in [3.05, 3.63) is 33.3 Å².